The normalized spacial score (nSPS) is 9.24. The number of amidine groups is 1. The molecule has 21 heavy (non-hydrogen) atoms. The number of nitrogens with two attached hydrogens (primary N) is 1. The van der Waals surface area contributed by atoms with Crippen LogP contribution in [0, 0.1) is 5.41 Å². The molecule has 0 amide bonds. The number of rotatable bonds is 4. The third kappa shape index (κ3) is 4.93. The first-order chi connectivity index (χ1) is 9.24. The van der Waals surface area contributed by atoms with E-state index in [2.05, 4.69) is 10.4 Å². The summed E-state index contributed by atoms with van der Waals surface area (Å²) in [7, 11) is 0. The highest BCUT2D eigenvalue weighted by atomic mass is 35.5. The molecule has 1 heterocycles. The Kier molecular flexibility index (Phi) is 8.45. The minimum absolute atomic E-state index is 0. The SMILES string of the molecule is CCOC(=N)Nc1ccc(-n2cccn2)c(CN)c1.Cl.Cl. The fourth-order valence-corrected chi connectivity index (χ4v) is 1.77. The predicted molar refractivity (Wildman–Crippen MR) is 88.9 cm³/mol. The summed E-state index contributed by atoms with van der Waals surface area (Å²) in [5.74, 6) is 0. The standard InChI is InChI=1S/C13H17N5O.2ClH/c1-2-19-13(15)17-11-4-5-12(10(8-11)9-14)18-7-3-6-16-18;;/h3-8H,2,9,14H2,1H3,(H2,15,17);2*1H. The molecule has 1 aromatic carbocycles. The number of ether oxygens (including phenoxy) is 1. The number of halogens is 2. The van der Waals surface area contributed by atoms with E-state index in [-0.39, 0.29) is 30.8 Å². The topological polar surface area (TPSA) is 89.0 Å². The van der Waals surface area contributed by atoms with Crippen LogP contribution in [-0.2, 0) is 11.3 Å². The van der Waals surface area contributed by atoms with Crippen LogP contribution in [0.15, 0.2) is 36.7 Å². The zero-order valence-corrected chi connectivity index (χ0v) is 13.2. The first kappa shape index (κ1) is 19.2. The highest BCUT2D eigenvalue weighted by Gasteiger charge is 2.06. The molecule has 8 heteroatoms. The molecule has 4 N–H and O–H groups in total. The third-order valence-corrected chi connectivity index (χ3v) is 2.60. The van der Waals surface area contributed by atoms with Crippen LogP contribution in [0.2, 0.25) is 0 Å². The van der Waals surface area contributed by atoms with Crippen LogP contribution in [0.4, 0.5) is 5.69 Å². The average Bonchev–Trinajstić information content (AvgIpc) is 2.92. The van der Waals surface area contributed by atoms with Crippen LogP contribution in [0.3, 0.4) is 0 Å². The number of nitrogens with zero attached hydrogens (tertiary/aromatic N) is 2. The van der Waals surface area contributed by atoms with Gasteiger partial charge in [-0.25, -0.2) is 4.68 Å². The van der Waals surface area contributed by atoms with Crippen LogP contribution < -0.4 is 11.1 Å². The smallest absolute Gasteiger partial charge is 0.286 e. The number of benzene rings is 1. The first-order valence-electron chi connectivity index (χ1n) is 6.06. The summed E-state index contributed by atoms with van der Waals surface area (Å²) in [6, 6.07) is 7.56. The van der Waals surface area contributed by atoms with Gasteiger partial charge in [0.2, 0.25) is 0 Å². The van der Waals surface area contributed by atoms with Gasteiger partial charge in [0.15, 0.2) is 0 Å². The van der Waals surface area contributed by atoms with Gasteiger partial charge in [-0.15, -0.1) is 24.8 Å². The average molecular weight is 332 g/mol. The minimum atomic E-state index is 0. The Labute approximate surface area is 136 Å². The van der Waals surface area contributed by atoms with E-state index >= 15 is 0 Å². The van der Waals surface area contributed by atoms with Crippen molar-refractivity contribution in [1.29, 1.82) is 5.41 Å². The molecule has 0 fully saturated rings. The van der Waals surface area contributed by atoms with Crippen molar-refractivity contribution in [3.05, 3.63) is 42.2 Å². The molecule has 0 aliphatic heterocycles. The van der Waals surface area contributed by atoms with Crippen molar-refractivity contribution < 1.29 is 4.74 Å². The fraction of sp³-hybridized carbons (Fsp3) is 0.231. The summed E-state index contributed by atoms with van der Waals surface area (Å²) >= 11 is 0. The van der Waals surface area contributed by atoms with Gasteiger partial charge < -0.3 is 15.8 Å². The van der Waals surface area contributed by atoms with Gasteiger partial charge in [0, 0.05) is 24.6 Å². The van der Waals surface area contributed by atoms with Gasteiger partial charge in [0.25, 0.3) is 6.02 Å². The lowest BCUT2D eigenvalue weighted by atomic mass is 10.1. The molecule has 0 aliphatic rings. The maximum atomic E-state index is 7.56. The quantitative estimate of drug-likeness (QED) is 0.593. The number of aromatic nitrogens is 2. The maximum Gasteiger partial charge on any atom is 0.286 e. The maximum absolute atomic E-state index is 7.56. The summed E-state index contributed by atoms with van der Waals surface area (Å²) < 4.78 is 6.81. The lowest BCUT2D eigenvalue weighted by Crippen LogP contribution is -2.15. The van der Waals surface area contributed by atoms with E-state index < -0.39 is 0 Å². The van der Waals surface area contributed by atoms with E-state index in [0.717, 1.165) is 16.9 Å². The van der Waals surface area contributed by atoms with E-state index in [1.807, 2.05) is 37.4 Å². The van der Waals surface area contributed by atoms with Crippen LogP contribution >= 0.6 is 24.8 Å². The van der Waals surface area contributed by atoms with Crippen molar-refractivity contribution in [2.45, 2.75) is 13.5 Å². The van der Waals surface area contributed by atoms with Crippen LogP contribution in [0.1, 0.15) is 12.5 Å². The number of hydrogen-bond donors (Lipinski definition) is 3. The lowest BCUT2D eigenvalue weighted by molar-refractivity contribution is 0.323. The molecule has 0 aliphatic carbocycles. The van der Waals surface area contributed by atoms with Crippen molar-refractivity contribution in [3.63, 3.8) is 0 Å². The lowest BCUT2D eigenvalue weighted by Gasteiger charge is -2.12. The molecule has 0 unspecified atom stereocenters. The summed E-state index contributed by atoms with van der Waals surface area (Å²) in [6.45, 7) is 2.69. The summed E-state index contributed by atoms with van der Waals surface area (Å²) in [6.07, 6.45) is 3.58. The van der Waals surface area contributed by atoms with Gasteiger partial charge >= 0.3 is 0 Å². The number of anilines is 1. The number of hydrogen-bond acceptors (Lipinski definition) is 4. The van der Waals surface area contributed by atoms with Gasteiger partial charge in [0.1, 0.15) is 0 Å². The molecule has 0 bridgehead atoms. The molecule has 2 rings (SSSR count). The first-order valence-corrected chi connectivity index (χ1v) is 6.06. The molecule has 0 atom stereocenters. The molecule has 2 aromatic rings. The Morgan fingerprint density at radius 1 is 1.43 bits per heavy atom. The van der Waals surface area contributed by atoms with E-state index in [1.54, 1.807) is 10.9 Å². The summed E-state index contributed by atoms with van der Waals surface area (Å²) in [5.41, 5.74) is 8.41. The van der Waals surface area contributed by atoms with Gasteiger partial charge in [-0.1, -0.05) is 0 Å². The molecule has 116 valence electrons. The second-order valence-corrected chi connectivity index (χ2v) is 3.89. The number of nitrogens with one attached hydrogen (secondary N) is 2. The van der Waals surface area contributed by atoms with Crippen LogP contribution in [0.5, 0.6) is 0 Å². The molecule has 0 radical (unpaired) electrons. The van der Waals surface area contributed by atoms with E-state index in [1.165, 1.54) is 0 Å². The van der Waals surface area contributed by atoms with E-state index in [9.17, 15) is 0 Å². The zero-order valence-electron chi connectivity index (χ0n) is 11.6. The van der Waals surface area contributed by atoms with Gasteiger partial charge in [-0.3, -0.25) is 5.41 Å². The molecular weight excluding hydrogens is 313 g/mol. The van der Waals surface area contributed by atoms with Gasteiger partial charge in [-0.2, -0.15) is 5.10 Å². The van der Waals surface area contributed by atoms with Crippen molar-refractivity contribution in [2.75, 3.05) is 11.9 Å². The van der Waals surface area contributed by atoms with Crippen molar-refractivity contribution >= 4 is 36.5 Å². The van der Waals surface area contributed by atoms with E-state index in [4.69, 9.17) is 15.9 Å². The Balaban J connectivity index is 0.00000200. The summed E-state index contributed by atoms with van der Waals surface area (Å²) in [4.78, 5) is 0. The monoisotopic (exact) mass is 331 g/mol. The molecular formula is C13H19Cl2N5O. The highest BCUT2D eigenvalue weighted by Crippen LogP contribution is 2.19. The Bertz CT molecular complexity index is 560. The summed E-state index contributed by atoms with van der Waals surface area (Å²) in [5, 5.41) is 14.6. The fourth-order valence-electron chi connectivity index (χ4n) is 1.77. The second-order valence-electron chi connectivity index (χ2n) is 3.89. The van der Waals surface area contributed by atoms with Crippen LogP contribution in [0.25, 0.3) is 5.69 Å². The Morgan fingerprint density at radius 2 is 2.19 bits per heavy atom. The Hall–Kier alpha value is -1.76. The zero-order chi connectivity index (χ0) is 13.7. The molecule has 0 spiro atoms. The predicted octanol–water partition coefficient (Wildman–Crippen LogP) is 2.56. The van der Waals surface area contributed by atoms with E-state index in [0.29, 0.717) is 13.2 Å². The third-order valence-electron chi connectivity index (χ3n) is 2.60. The highest BCUT2D eigenvalue weighted by molar-refractivity contribution is 5.86. The van der Waals surface area contributed by atoms with Crippen molar-refractivity contribution in [3.8, 4) is 5.69 Å². The van der Waals surface area contributed by atoms with Crippen molar-refractivity contribution in [2.24, 2.45) is 5.73 Å². The van der Waals surface area contributed by atoms with Crippen LogP contribution in [-0.4, -0.2) is 22.4 Å². The van der Waals surface area contributed by atoms with Gasteiger partial charge in [0.05, 0.1) is 12.3 Å². The molecule has 6 nitrogen and oxygen atoms in total. The van der Waals surface area contributed by atoms with Crippen molar-refractivity contribution in [1.82, 2.24) is 9.78 Å². The Morgan fingerprint density at radius 3 is 2.76 bits per heavy atom. The minimum Gasteiger partial charge on any atom is -0.466 e. The second kappa shape index (κ2) is 9.23. The largest absolute Gasteiger partial charge is 0.466 e. The molecule has 0 saturated heterocycles. The molecule has 1 aromatic heterocycles. The van der Waals surface area contributed by atoms with Gasteiger partial charge in [-0.05, 0) is 36.8 Å². The molecule has 0 saturated carbocycles.